The van der Waals surface area contributed by atoms with E-state index in [4.69, 9.17) is 10.00 Å². The highest BCUT2D eigenvalue weighted by Gasteiger charge is 2.20. The Labute approximate surface area is 113 Å². The van der Waals surface area contributed by atoms with Crippen molar-refractivity contribution >= 4 is 11.6 Å². The minimum Gasteiger partial charge on any atom is -0.381 e. The van der Waals surface area contributed by atoms with Gasteiger partial charge in [-0.1, -0.05) is 18.9 Å². The Hall–Kier alpha value is -1.86. The van der Waals surface area contributed by atoms with Crippen LogP contribution in [0.5, 0.6) is 0 Å². The number of nitriles is 1. The summed E-state index contributed by atoms with van der Waals surface area (Å²) < 4.78 is 5.42. The summed E-state index contributed by atoms with van der Waals surface area (Å²) >= 11 is 0. The number of nitrogens with zero attached hydrogens (tertiary/aromatic N) is 1. The summed E-state index contributed by atoms with van der Waals surface area (Å²) in [4.78, 5) is 11.6. The molecule has 0 spiro atoms. The van der Waals surface area contributed by atoms with Crippen LogP contribution in [0.4, 0.5) is 5.69 Å². The number of anilines is 1. The predicted octanol–water partition coefficient (Wildman–Crippen LogP) is 2.70. The largest absolute Gasteiger partial charge is 0.381 e. The van der Waals surface area contributed by atoms with E-state index in [2.05, 4.69) is 5.32 Å². The molecule has 0 bridgehead atoms. The summed E-state index contributed by atoms with van der Waals surface area (Å²) in [6, 6.07) is 8.93. The zero-order chi connectivity index (χ0) is 13.5. The molecular formula is C15H18N2O2. The van der Waals surface area contributed by atoms with E-state index in [0.29, 0.717) is 24.3 Å². The maximum atomic E-state index is 11.6. The molecule has 1 saturated carbocycles. The van der Waals surface area contributed by atoms with Crippen molar-refractivity contribution in [1.82, 2.24) is 0 Å². The van der Waals surface area contributed by atoms with Gasteiger partial charge in [0.05, 0.1) is 24.7 Å². The number of hydrogen-bond donors (Lipinski definition) is 1. The van der Waals surface area contributed by atoms with Crippen LogP contribution in [0.25, 0.3) is 0 Å². The highest BCUT2D eigenvalue weighted by Crippen LogP contribution is 2.32. The van der Waals surface area contributed by atoms with E-state index in [0.717, 1.165) is 18.9 Å². The Bertz CT molecular complexity index is 475. The number of rotatable bonds is 7. The molecule has 0 aliphatic heterocycles. The van der Waals surface area contributed by atoms with Gasteiger partial charge in [-0.15, -0.1) is 0 Å². The van der Waals surface area contributed by atoms with E-state index in [-0.39, 0.29) is 5.91 Å². The minimum atomic E-state index is -0.0819. The second kappa shape index (κ2) is 6.91. The van der Waals surface area contributed by atoms with E-state index in [1.165, 1.54) is 12.8 Å². The van der Waals surface area contributed by atoms with Crippen LogP contribution in [0.2, 0.25) is 0 Å². The van der Waals surface area contributed by atoms with E-state index in [1.807, 2.05) is 6.07 Å². The molecule has 4 heteroatoms. The van der Waals surface area contributed by atoms with Gasteiger partial charge >= 0.3 is 0 Å². The summed E-state index contributed by atoms with van der Waals surface area (Å²) in [5.74, 6) is 0.782. The summed E-state index contributed by atoms with van der Waals surface area (Å²) in [6.45, 7) is 1.21. The van der Waals surface area contributed by atoms with Crippen LogP contribution in [-0.2, 0) is 9.53 Å². The van der Waals surface area contributed by atoms with Gasteiger partial charge in [-0.3, -0.25) is 4.79 Å². The first kappa shape index (κ1) is 13.6. The average Bonchev–Trinajstić information content (AvgIpc) is 3.22. The molecule has 100 valence electrons. The van der Waals surface area contributed by atoms with Crippen LogP contribution in [0.15, 0.2) is 24.3 Å². The van der Waals surface area contributed by atoms with Gasteiger partial charge in [0.1, 0.15) is 0 Å². The van der Waals surface area contributed by atoms with Gasteiger partial charge in [0.25, 0.3) is 0 Å². The molecule has 1 aliphatic rings. The van der Waals surface area contributed by atoms with Crippen molar-refractivity contribution in [3.63, 3.8) is 0 Å². The summed E-state index contributed by atoms with van der Waals surface area (Å²) in [5, 5.41) is 11.5. The van der Waals surface area contributed by atoms with Crippen molar-refractivity contribution in [3.8, 4) is 6.07 Å². The Morgan fingerprint density at radius 3 is 3.00 bits per heavy atom. The normalized spacial score (nSPS) is 13.8. The lowest BCUT2D eigenvalue weighted by molar-refractivity contribution is -0.117. The average molecular weight is 258 g/mol. The predicted molar refractivity (Wildman–Crippen MR) is 72.6 cm³/mol. The van der Waals surface area contributed by atoms with Crippen LogP contribution in [-0.4, -0.2) is 19.1 Å². The van der Waals surface area contributed by atoms with Gasteiger partial charge in [0, 0.05) is 12.3 Å². The van der Waals surface area contributed by atoms with Gasteiger partial charge in [-0.05, 0) is 30.5 Å². The van der Waals surface area contributed by atoms with E-state index in [9.17, 15) is 4.79 Å². The third kappa shape index (κ3) is 5.11. The van der Waals surface area contributed by atoms with Gasteiger partial charge in [0.2, 0.25) is 5.91 Å². The van der Waals surface area contributed by atoms with E-state index in [1.54, 1.807) is 24.3 Å². The third-order valence-electron chi connectivity index (χ3n) is 3.12. The zero-order valence-corrected chi connectivity index (χ0v) is 10.9. The summed E-state index contributed by atoms with van der Waals surface area (Å²) in [7, 11) is 0. The molecule has 1 aliphatic carbocycles. The van der Waals surface area contributed by atoms with E-state index >= 15 is 0 Å². The number of hydrogen-bond acceptors (Lipinski definition) is 3. The minimum absolute atomic E-state index is 0.0819. The lowest BCUT2D eigenvalue weighted by atomic mass is 10.2. The van der Waals surface area contributed by atoms with Crippen LogP contribution in [0, 0.1) is 17.2 Å². The number of carbonyl (C=O) groups excluding carboxylic acids is 1. The van der Waals surface area contributed by atoms with Crippen LogP contribution < -0.4 is 5.32 Å². The molecule has 0 radical (unpaired) electrons. The van der Waals surface area contributed by atoms with Gasteiger partial charge in [-0.25, -0.2) is 0 Å². The number of nitrogens with one attached hydrogen (secondary N) is 1. The highest BCUT2D eigenvalue weighted by atomic mass is 16.5. The lowest BCUT2D eigenvalue weighted by Gasteiger charge is -2.06. The molecule has 0 unspecified atom stereocenters. The third-order valence-corrected chi connectivity index (χ3v) is 3.12. The van der Waals surface area contributed by atoms with Crippen LogP contribution in [0.3, 0.4) is 0 Å². The highest BCUT2D eigenvalue weighted by molar-refractivity contribution is 5.90. The Morgan fingerprint density at radius 2 is 2.26 bits per heavy atom. The summed E-state index contributed by atoms with van der Waals surface area (Å²) in [6.07, 6.45) is 4.13. The molecule has 0 atom stereocenters. The molecule has 1 N–H and O–H groups in total. The molecule has 0 aromatic heterocycles. The Morgan fingerprint density at radius 1 is 1.42 bits per heavy atom. The van der Waals surface area contributed by atoms with Crippen molar-refractivity contribution in [3.05, 3.63) is 29.8 Å². The monoisotopic (exact) mass is 258 g/mol. The lowest BCUT2D eigenvalue weighted by Crippen LogP contribution is -2.14. The van der Waals surface area contributed by atoms with Gasteiger partial charge in [0.15, 0.2) is 0 Å². The zero-order valence-electron chi connectivity index (χ0n) is 10.9. The Balaban J connectivity index is 1.63. The van der Waals surface area contributed by atoms with Gasteiger partial charge in [-0.2, -0.15) is 5.26 Å². The number of carbonyl (C=O) groups is 1. The second-order valence-electron chi connectivity index (χ2n) is 4.84. The standard InChI is InChI=1S/C15H18N2O2/c16-11-13-2-1-3-14(10-13)17-15(18)7-9-19-8-6-12-4-5-12/h1-3,10,12H,4-9H2,(H,17,18). The first-order chi connectivity index (χ1) is 9.28. The van der Waals surface area contributed by atoms with E-state index < -0.39 is 0 Å². The molecule has 1 fully saturated rings. The fraction of sp³-hybridized carbons (Fsp3) is 0.467. The fourth-order valence-corrected chi connectivity index (χ4v) is 1.81. The molecule has 19 heavy (non-hydrogen) atoms. The fourth-order valence-electron chi connectivity index (χ4n) is 1.81. The quantitative estimate of drug-likeness (QED) is 0.765. The first-order valence-electron chi connectivity index (χ1n) is 6.65. The Kier molecular flexibility index (Phi) is 4.93. The topological polar surface area (TPSA) is 62.1 Å². The maximum absolute atomic E-state index is 11.6. The van der Waals surface area contributed by atoms with Crippen molar-refractivity contribution < 1.29 is 9.53 Å². The van der Waals surface area contributed by atoms with Crippen molar-refractivity contribution in [2.75, 3.05) is 18.5 Å². The van der Waals surface area contributed by atoms with Gasteiger partial charge < -0.3 is 10.1 Å². The molecule has 1 amide bonds. The van der Waals surface area contributed by atoms with Crippen molar-refractivity contribution in [2.45, 2.75) is 25.7 Å². The summed E-state index contributed by atoms with van der Waals surface area (Å²) in [5.41, 5.74) is 1.19. The SMILES string of the molecule is N#Cc1cccc(NC(=O)CCOCCC2CC2)c1. The number of benzene rings is 1. The molecule has 4 nitrogen and oxygen atoms in total. The maximum Gasteiger partial charge on any atom is 0.226 e. The van der Waals surface area contributed by atoms with Crippen LogP contribution >= 0.6 is 0 Å². The van der Waals surface area contributed by atoms with Crippen LogP contribution in [0.1, 0.15) is 31.2 Å². The molecule has 0 saturated heterocycles. The first-order valence-corrected chi connectivity index (χ1v) is 6.65. The smallest absolute Gasteiger partial charge is 0.226 e. The molecule has 1 aromatic carbocycles. The molecular weight excluding hydrogens is 240 g/mol. The molecule has 0 heterocycles. The van der Waals surface area contributed by atoms with Crippen molar-refractivity contribution in [2.24, 2.45) is 5.92 Å². The molecule has 1 aromatic rings. The van der Waals surface area contributed by atoms with Crippen molar-refractivity contribution in [1.29, 1.82) is 5.26 Å². The second-order valence-corrected chi connectivity index (χ2v) is 4.84. The molecule has 2 rings (SSSR count). The number of amides is 1. The number of ether oxygens (including phenoxy) is 1.